The van der Waals surface area contributed by atoms with Crippen molar-refractivity contribution < 1.29 is 14.0 Å². The minimum absolute atomic E-state index is 0.0695. The van der Waals surface area contributed by atoms with E-state index >= 15 is 0 Å². The van der Waals surface area contributed by atoms with Crippen molar-refractivity contribution in [1.82, 2.24) is 4.98 Å². The Bertz CT molecular complexity index is 1030. The van der Waals surface area contributed by atoms with Crippen LogP contribution in [-0.2, 0) is 4.79 Å². The van der Waals surface area contributed by atoms with Crippen LogP contribution in [0.4, 0.5) is 15.8 Å². The Morgan fingerprint density at radius 1 is 1.20 bits per heavy atom. The lowest BCUT2D eigenvalue weighted by Gasteiger charge is -2.29. The average molecular weight is 335 g/mol. The van der Waals surface area contributed by atoms with Gasteiger partial charge in [0, 0.05) is 17.1 Å². The highest BCUT2D eigenvalue weighted by Crippen LogP contribution is 2.31. The van der Waals surface area contributed by atoms with Gasteiger partial charge in [-0.25, -0.2) is 4.39 Å². The van der Waals surface area contributed by atoms with E-state index in [-0.39, 0.29) is 18.4 Å². The van der Waals surface area contributed by atoms with Gasteiger partial charge >= 0.3 is 0 Å². The fourth-order valence-electron chi connectivity index (χ4n) is 3.07. The lowest BCUT2D eigenvalue weighted by molar-refractivity contribution is -0.115. The average Bonchev–Trinajstić information content (AvgIpc) is 2.59. The number of carbonyl (C=O) groups is 2. The zero-order chi connectivity index (χ0) is 17.6. The highest BCUT2D eigenvalue weighted by atomic mass is 19.1. The minimum Gasteiger partial charge on any atom is -0.323 e. The zero-order valence-electron chi connectivity index (χ0n) is 13.4. The molecule has 124 valence electrons. The molecule has 0 spiro atoms. The molecule has 1 aliphatic rings. The van der Waals surface area contributed by atoms with Gasteiger partial charge in [-0.15, -0.1) is 0 Å². The largest absolute Gasteiger partial charge is 0.323 e. The molecule has 1 N–H and O–H groups in total. The molecule has 0 atom stereocenters. The number of para-hydroxylation sites is 2. The lowest BCUT2D eigenvalue weighted by Crippen LogP contribution is -2.42. The summed E-state index contributed by atoms with van der Waals surface area (Å²) in [4.78, 5) is 30.9. The third-order valence-electron chi connectivity index (χ3n) is 4.15. The van der Waals surface area contributed by atoms with E-state index in [1.165, 1.54) is 17.0 Å². The highest BCUT2D eigenvalue weighted by Gasteiger charge is 2.28. The number of anilines is 2. The SMILES string of the molecule is Cc1cc(C(=O)N2CC(=O)Nc3ccccc32)c2ccc(F)cc2n1. The summed E-state index contributed by atoms with van der Waals surface area (Å²) in [6.07, 6.45) is 0. The summed E-state index contributed by atoms with van der Waals surface area (Å²) in [5.74, 6) is -0.982. The molecule has 3 aromatic rings. The molecule has 1 aromatic heterocycles. The fourth-order valence-corrected chi connectivity index (χ4v) is 3.07. The summed E-state index contributed by atoms with van der Waals surface area (Å²) in [6, 6.07) is 12.9. The molecule has 2 heterocycles. The first-order valence-corrected chi connectivity index (χ1v) is 7.80. The van der Waals surface area contributed by atoms with Crippen molar-refractivity contribution >= 4 is 34.1 Å². The van der Waals surface area contributed by atoms with E-state index in [4.69, 9.17) is 0 Å². The first kappa shape index (κ1) is 15.3. The van der Waals surface area contributed by atoms with Crippen molar-refractivity contribution in [2.24, 2.45) is 0 Å². The second-order valence-corrected chi connectivity index (χ2v) is 5.93. The number of aryl methyl sites for hydroxylation is 1. The molecule has 4 rings (SSSR count). The first-order chi connectivity index (χ1) is 12.0. The molecule has 0 saturated heterocycles. The minimum atomic E-state index is -0.410. The Morgan fingerprint density at radius 3 is 2.84 bits per heavy atom. The van der Waals surface area contributed by atoms with Crippen LogP contribution in [-0.4, -0.2) is 23.3 Å². The summed E-state index contributed by atoms with van der Waals surface area (Å²) in [5.41, 5.74) is 2.64. The molecule has 0 bridgehead atoms. The van der Waals surface area contributed by atoms with Crippen LogP contribution in [0.3, 0.4) is 0 Å². The summed E-state index contributed by atoms with van der Waals surface area (Å²) < 4.78 is 13.5. The molecule has 0 saturated carbocycles. The van der Waals surface area contributed by atoms with E-state index in [2.05, 4.69) is 10.3 Å². The Hall–Kier alpha value is -3.28. The molecular formula is C19H14FN3O2. The Morgan fingerprint density at radius 2 is 2.00 bits per heavy atom. The van der Waals surface area contributed by atoms with Crippen molar-refractivity contribution in [2.75, 3.05) is 16.8 Å². The van der Waals surface area contributed by atoms with Gasteiger partial charge in [0.1, 0.15) is 12.4 Å². The van der Waals surface area contributed by atoms with Gasteiger partial charge in [0.15, 0.2) is 0 Å². The second kappa shape index (κ2) is 5.66. The van der Waals surface area contributed by atoms with Gasteiger partial charge in [-0.1, -0.05) is 12.1 Å². The smallest absolute Gasteiger partial charge is 0.259 e. The van der Waals surface area contributed by atoms with Gasteiger partial charge < -0.3 is 5.32 Å². The number of aromatic nitrogens is 1. The van der Waals surface area contributed by atoms with Gasteiger partial charge in [0.25, 0.3) is 5.91 Å². The molecule has 5 nitrogen and oxygen atoms in total. The molecule has 6 heteroatoms. The predicted molar refractivity (Wildman–Crippen MR) is 93.2 cm³/mol. The molecule has 0 unspecified atom stereocenters. The van der Waals surface area contributed by atoms with Crippen LogP contribution < -0.4 is 10.2 Å². The number of rotatable bonds is 1. The number of amides is 2. The van der Waals surface area contributed by atoms with Crippen LogP contribution in [0.2, 0.25) is 0 Å². The Balaban J connectivity index is 1.87. The number of carbonyl (C=O) groups excluding carboxylic acids is 2. The molecule has 2 aromatic carbocycles. The number of fused-ring (bicyclic) bond motifs is 2. The quantitative estimate of drug-likeness (QED) is 0.742. The first-order valence-electron chi connectivity index (χ1n) is 7.80. The number of nitrogens with zero attached hydrogens (tertiary/aromatic N) is 2. The molecule has 0 fully saturated rings. The normalized spacial score (nSPS) is 13.5. The fraction of sp³-hybridized carbons (Fsp3) is 0.105. The summed E-state index contributed by atoms with van der Waals surface area (Å²) >= 11 is 0. The molecule has 0 aliphatic carbocycles. The van der Waals surface area contributed by atoms with E-state index < -0.39 is 5.82 Å². The summed E-state index contributed by atoms with van der Waals surface area (Å²) in [6.45, 7) is 1.68. The number of halogens is 1. The standard InChI is InChI=1S/C19H14FN3O2/c1-11-8-14(13-7-6-12(20)9-16(13)21-11)19(25)23-10-18(24)22-15-4-2-3-5-17(15)23/h2-9H,10H2,1H3,(H,22,24). The van der Waals surface area contributed by atoms with Crippen LogP contribution in [0, 0.1) is 12.7 Å². The van der Waals surface area contributed by atoms with E-state index in [1.807, 2.05) is 6.07 Å². The summed E-state index contributed by atoms with van der Waals surface area (Å²) in [7, 11) is 0. The molecule has 1 aliphatic heterocycles. The maximum atomic E-state index is 13.5. The van der Waals surface area contributed by atoms with E-state index in [0.717, 1.165) is 0 Å². The van der Waals surface area contributed by atoms with Crippen molar-refractivity contribution in [2.45, 2.75) is 6.92 Å². The third kappa shape index (κ3) is 2.61. The summed E-state index contributed by atoms with van der Waals surface area (Å²) in [5, 5.41) is 3.31. The van der Waals surface area contributed by atoms with Gasteiger partial charge in [-0.3, -0.25) is 19.5 Å². The number of hydrogen-bond donors (Lipinski definition) is 1. The van der Waals surface area contributed by atoms with Crippen molar-refractivity contribution in [3.63, 3.8) is 0 Å². The van der Waals surface area contributed by atoms with E-state index in [1.54, 1.807) is 37.3 Å². The van der Waals surface area contributed by atoms with E-state index in [0.29, 0.717) is 33.5 Å². The van der Waals surface area contributed by atoms with Gasteiger partial charge in [-0.05, 0) is 37.3 Å². The second-order valence-electron chi connectivity index (χ2n) is 5.93. The van der Waals surface area contributed by atoms with Gasteiger partial charge in [0.2, 0.25) is 5.91 Å². The third-order valence-corrected chi connectivity index (χ3v) is 4.15. The topological polar surface area (TPSA) is 62.3 Å². The van der Waals surface area contributed by atoms with Crippen molar-refractivity contribution in [3.05, 3.63) is 65.6 Å². The van der Waals surface area contributed by atoms with Crippen LogP contribution >= 0.6 is 0 Å². The number of pyridine rings is 1. The molecule has 25 heavy (non-hydrogen) atoms. The van der Waals surface area contributed by atoms with Crippen LogP contribution in [0.5, 0.6) is 0 Å². The highest BCUT2D eigenvalue weighted by molar-refractivity contribution is 6.19. The van der Waals surface area contributed by atoms with Crippen LogP contribution in [0.1, 0.15) is 16.1 Å². The van der Waals surface area contributed by atoms with Gasteiger partial charge in [0.05, 0.1) is 22.5 Å². The monoisotopic (exact) mass is 335 g/mol. The van der Waals surface area contributed by atoms with Crippen LogP contribution in [0.15, 0.2) is 48.5 Å². The predicted octanol–water partition coefficient (Wildman–Crippen LogP) is 3.28. The molecule has 2 amide bonds. The zero-order valence-corrected chi connectivity index (χ0v) is 13.4. The number of benzene rings is 2. The van der Waals surface area contributed by atoms with Gasteiger partial charge in [-0.2, -0.15) is 0 Å². The Kier molecular flexibility index (Phi) is 3.46. The van der Waals surface area contributed by atoms with Crippen molar-refractivity contribution in [1.29, 1.82) is 0 Å². The van der Waals surface area contributed by atoms with Crippen LogP contribution in [0.25, 0.3) is 10.9 Å². The number of hydrogen-bond acceptors (Lipinski definition) is 3. The maximum Gasteiger partial charge on any atom is 0.259 e. The molecule has 0 radical (unpaired) electrons. The Labute approximate surface area is 143 Å². The lowest BCUT2D eigenvalue weighted by atomic mass is 10.0. The van der Waals surface area contributed by atoms with Crippen molar-refractivity contribution in [3.8, 4) is 0 Å². The number of nitrogens with one attached hydrogen (secondary N) is 1. The molecular weight excluding hydrogens is 321 g/mol. The van der Waals surface area contributed by atoms with E-state index in [9.17, 15) is 14.0 Å². The maximum absolute atomic E-state index is 13.5.